The van der Waals surface area contributed by atoms with Crippen LogP contribution in [0.25, 0.3) is 0 Å². The molecule has 0 aromatic heterocycles. The fourth-order valence-electron chi connectivity index (χ4n) is 2.50. The highest BCUT2D eigenvalue weighted by molar-refractivity contribution is 5.02. The van der Waals surface area contributed by atoms with Crippen molar-refractivity contribution in [1.29, 1.82) is 0 Å². The quantitative estimate of drug-likeness (QED) is 0.594. The van der Waals surface area contributed by atoms with Crippen molar-refractivity contribution in [1.82, 2.24) is 10.2 Å². The van der Waals surface area contributed by atoms with Crippen molar-refractivity contribution in [3.63, 3.8) is 0 Å². The van der Waals surface area contributed by atoms with E-state index in [1.807, 2.05) is 6.92 Å². The van der Waals surface area contributed by atoms with Gasteiger partial charge in [-0.3, -0.25) is 4.90 Å². The van der Waals surface area contributed by atoms with Crippen LogP contribution in [0.2, 0.25) is 0 Å². The van der Waals surface area contributed by atoms with Gasteiger partial charge in [0, 0.05) is 13.1 Å². The van der Waals surface area contributed by atoms with Crippen LogP contribution in [-0.2, 0) is 0 Å². The monoisotopic (exact) mass is 178 g/mol. The average Bonchev–Trinajstić information content (AvgIpc) is 2.74. The van der Waals surface area contributed by atoms with Crippen LogP contribution in [0.4, 0.5) is 0 Å². The summed E-state index contributed by atoms with van der Waals surface area (Å²) < 4.78 is 0. The molecule has 0 aliphatic carbocycles. The first-order chi connectivity index (χ1) is 6.35. The summed E-state index contributed by atoms with van der Waals surface area (Å²) in [6.45, 7) is 7.84. The second-order valence-electron chi connectivity index (χ2n) is 4.31. The fraction of sp³-hybridized carbons (Fsp3) is 0.818. The summed E-state index contributed by atoms with van der Waals surface area (Å²) in [6, 6.07) is 0. The Balaban J connectivity index is 1.88. The molecule has 0 bridgehead atoms. The van der Waals surface area contributed by atoms with Crippen molar-refractivity contribution in [2.75, 3.05) is 32.7 Å². The third kappa shape index (κ3) is 1.87. The first-order valence-corrected chi connectivity index (χ1v) is 5.17. The number of hydrogen-bond donors (Lipinski definition) is 1. The van der Waals surface area contributed by atoms with Gasteiger partial charge in [0.05, 0.1) is 6.54 Å². The van der Waals surface area contributed by atoms with Crippen LogP contribution in [0, 0.1) is 17.3 Å². The molecule has 0 amide bonds. The molecule has 2 heteroatoms. The summed E-state index contributed by atoms with van der Waals surface area (Å²) in [4.78, 5) is 2.49. The number of hydrogen-bond acceptors (Lipinski definition) is 2. The molecular formula is C11H18N2. The molecule has 0 saturated carbocycles. The van der Waals surface area contributed by atoms with E-state index in [1.165, 1.54) is 39.0 Å². The van der Waals surface area contributed by atoms with E-state index < -0.39 is 0 Å². The van der Waals surface area contributed by atoms with E-state index >= 15 is 0 Å². The van der Waals surface area contributed by atoms with Crippen LogP contribution < -0.4 is 5.32 Å². The molecule has 0 aromatic carbocycles. The second kappa shape index (κ2) is 3.69. The van der Waals surface area contributed by atoms with Crippen LogP contribution in [0.15, 0.2) is 0 Å². The standard InChI is InChI=1S/C11H18N2/c1-2-3-7-13-8-5-11(10-13)4-6-12-9-11/h12H,4-10H2,1H3/t11-/m0/s1. The van der Waals surface area contributed by atoms with E-state index in [0.717, 1.165) is 6.54 Å². The van der Waals surface area contributed by atoms with Crippen LogP contribution in [0.3, 0.4) is 0 Å². The van der Waals surface area contributed by atoms with Gasteiger partial charge >= 0.3 is 0 Å². The van der Waals surface area contributed by atoms with Gasteiger partial charge in [0.15, 0.2) is 0 Å². The number of rotatable bonds is 1. The van der Waals surface area contributed by atoms with E-state index in [-0.39, 0.29) is 0 Å². The van der Waals surface area contributed by atoms with Gasteiger partial charge in [-0.25, -0.2) is 0 Å². The highest BCUT2D eigenvalue weighted by atomic mass is 15.2. The van der Waals surface area contributed by atoms with Gasteiger partial charge in [-0.15, -0.1) is 5.92 Å². The molecule has 1 spiro atoms. The Kier molecular flexibility index (Phi) is 2.57. The second-order valence-corrected chi connectivity index (χ2v) is 4.31. The first kappa shape index (κ1) is 9.05. The van der Waals surface area contributed by atoms with Crippen LogP contribution in [-0.4, -0.2) is 37.6 Å². The number of likely N-dealkylation sites (tertiary alicyclic amines) is 1. The Morgan fingerprint density at radius 3 is 3.08 bits per heavy atom. The normalized spacial score (nSPS) is 33.6. The average molecular weight is 178 g/mol. The van der Waals surface area contributed by atoms with E-state index in [2.05, 4.69) is 22.1 Å². The van der Waals surface area contributed by atoms with E-state index in [1.54, 1.807) is 0 Å². The summed E-state index contributed by atoms with van der Waals surface area (Å²) in [5.41, 5.74) is 0.607. The molecule has 2 nitrogen and oxygen atoms in total. The van der Waals surface area contributed by atoms with Gasteiger partial charge in [-0.05, 0) is 38.3 Å². The highest BCUT2D eigenvalue weighted by Crippen LogP contribution is 2.35. The first-order valence-electron chi connectivity index (χ1n) is 5.17. The lowest BCUT2D eigenvalue weighted by atomic mass is 9.87. The molecule has 2 heterocycles. The minimum atomic E-state index is 0.607. The van der Waals surface area contributed by atoms with E-state index in [9.17, 15) is 0 Å². The van der Waals surface area contributed by atoms with Gasteiger partial charge in [0.25, 0.3) is 0 Å². The van der Waals surface area contributed by atoms with Crippen molar-refractivity contribution >= 4 is 0 Å². The summed E-state index contributed by atoms with van der Waals surface area (Å²) >= 11 is 0. The molecule has 2 aliphatic heterocycles. The zero-order valence-corrected chi connectivity index (χ0v) is 8.40. The summed E-state index contributed by atoms with van der Waals surface area (Å²) in [5.74, 6) is 6.12. The summed E-state index contributed by atoms with van der Waals surface area (Å²) in [7, 11) is 0. The summed E-state index contributed by atoms with van der Waals surface area (Å²) in [6.07, 6.45) is 2.73. The molecule has 0 radical (unpaired) electrons. The lowest BCUT2D eigenvalue weighted by molar-refractivity contribution is 0.295. The summed E-state index contributed by atoms with van der Waals surface area (Å²) in [5, 5.41) is 3.47. The minimum Gasteiger partial charge on any atom is -0.316 e. The molecule has 1 atom stereocenters. The molecule has 0 aromatic rings. The van der Waals surface area contributed by atoms with Crippen molar-refractivity contribution in [2.24, 2.45) is 5.41 Å². The highest BCUT2D eigenvalue weighted by Gasteiger charge is 2.39. The van der Waals surface area contributed by atoms with Crippen LogP contribution >= 0.6 is 0 Å². The Morgan fingerprint density at radius 1 is 1.46 bits per heavy atom. The van der Waals surface area contributed by atoms with Crippen molar-refractivity contribution in [2.45, 2.75) is 19.8 Å². The van der Waals surface area contributed by atoms with Gasteiger partial charge in [0.2, 0.25) is 0 Å². The molecule has 2 saturated heterocycles. The van der Waals surface area contributed by atoms with Crippen molar-refractivity contribution < 1.29 is 0 Å². The molecule has 2 rings (SSSR count). The van der Waals surface area contributed by atoms with Gasteiger partial charge in [-0.1, -0.05) is 5.92 Å². The zero-order chi connectivity index (χ0) is 9.15. The SMILES string of the molecule is CC#CCN1CC[C@]2(CCNC2)C1. The lowest BCUT2D eigenvalue weighted by Crippen LogP contribution is -2.29. The maximum absolute atomic E-state index is 3.47. The van der Waals surface area contributed by atoms with Gasteiger partial charge < -0.3 is 5.32 Å². The molecule has 0 unspecified atom stereocenters. The van der Waals surface area contributed by atoms with Gasteiger partial charge in [0.1, 0.15) is 0 Å². The Morgan fingerprint density at radius 2 is 2.38 bits per heavy atom. The van der Waals surface area contributed by atoms with Crippen molar-refractivity contribution in [3.05, 3.63) is 0 Å². The maximum atomic E-state index is 3.47. The molecule has 1 N–H and O–H groups in total. The molecule has 2 fully saturated rings. The lowest BCUT2D eigenvalue weighted by Gasteiger charge is -2.21. The smallest absolute Gasteiger partial charge is 0.0601 e. The molecule has 72 valence electrons. The third-order valence-corrected chi connectivity index (χ3v) is 3.33. The Bertz CT molecular complexity index is 230. The minimum absolute atomic E-state index is 0.607. The Hall–Kier alpha value is -0.520. The molecular weight excluding hydrogens is 160 g/mol. The topological polar surface area (TPSA) is 15.3 Å². The largest absolute Gasteiger partial charge is 0.316 e. The maximum Gasteiger partial charge on any atom is 0.0601 e. The predicted molar refractivity (Wildman–Crippen MR) is 54.4 cm³/mol. The predicted octanol–water partition coefficient (Wildman–Crippen LogP) is 0.695. The van der Waals surface area contributed by atoms with E-state index in [4.69, 9.17) is 0 Å². The zero-order valence-electron chi connectivity index (χ0n) is 8.40. The van der Waals surface area contributed by atoms with Gasteiger partial charge in [-0.2, -0.15) is 0 Å². The van der Waals surface area contributed by atoms with Crippen LogP contribution in [0.5, 0.6) is 0 Å². The van der Waals surface area contributed by atoms with Crippen molar-refractivity contribution in [3.8, 4) is 11.8 Å². The van der Waals surface area contributed by atoms with E-state index in [0.29, 0.717) is 5.41 Å². The third-order valence-electron chi connectivity index (χ3n) is 3.33. The molecule has 13 heavy (non-hydrogen) atoms. The van der Waals surface area contributed by atoms with Crippen LogP contribution in [0.1, 0.15) is 19.8 Å². The number of nitrogens with one attached hydrogen (secondary N) is 1. The fourth-order valence-corrected chi connectivity index (χ4v) is 2.50. The Labute approximate surface area is 80.7 Å². The molecule has 2 aliphatic rings. The number of nitrogens with zero attached hydrogens (tertiary/aromatic N) is 1.